The molecular formula is C28H28N2O3. The van der Waals surface area contributed by atoms with Crippen LogP contribution in [0.25, 0.3) is 5.57 Å². The lowest BCUT2D eigenvalue weighted by Gasteiger charge is -2.17. The first-order valence-electron chi connectivity index (χ1n) is 11.1. The number of imide groups is 1. The Balaban J connectivity index is 1.75. The van der Waals surface area contributed by atoms with Crippen molar-refractivity contribution in [3.63, 3.8) is 0 Å². The number of rotatable bonds is 7. The summed E-state index contributed by atoms with van der Waals surface area (Å²) < 4.78 is 5.78. The Bertz CT molecular complexity index is 1210. The van der Waals surface area contributed by atoms with Gasteiger partial charge in [0.2, 0.25) is 0 Å². The second-order valence-electron chi connectivity index (χ2n) is 8.70. The van der Waals surface area contributed by atoms with E-state index in [1.54, 1.807) is 6.07 Å². The van der Waals surface area contributed by atoms with Crippen molar-refractivity contribution in [2.24, 2.45) is 5.92 Å². The fourth-order valence-corrected chi connectivity index (χ4v) is 3.71. The number of para-hydroxylation sites is 1. The van der Waals surface area contributed by atoms with Crippen molar-refractivity contribution in [2.75, 3.05) is 16.8 Å². The zero-order chi connectivity index (χ0) is 23.5. The monoisotopic (exact) mass is 440 g/mol. The molecular weight excluding hydrogens is 412 g/mol. The number of benzene rings is 3. The lowest BCUT2D eigenvalue weighted by Crippen LogP contribution is -2.33. The third kappa shape index (κ3) is 4.67. The Hall–Kier alpha value is -3.86. The van der Waals surface area contributed by atoms with Crippen LogP contribution in [0.2, 0.25) is 0 Å². The van der Waals surface area contributed by atoms with Gasteiger partial charge in [0, 0.05) is 5.69 Å². The lowest BCUT2D eigenvalue weighted by atomic mass is 10.0. The summed E-state index contributed by atoms with van der Waals surface area (Å²) in [7, 11) is 0. The summed E-state index contributed by atoms with van der Waals surface area (Å²) >= 11 is 0. The first kappa shape index (κ1) is 22.3. The molecule has 168 valence electrons. The molecule has 1 heterocycles. The molecule has 33 heavy (non-hydrogen) atoms. The minimum Gasteiger partial charge on any atom is -0.493 e. The summed E-state index contributed by atoms with van der Waals surface area (Å²) in [6.45, 7) is 8.68. The van der Waals surface area contributed by atoms with E-state index < -0.39 is 0 Å². The average molecular weight is 441 g/mol. The van der Waals surface area contributed by atoms with Crippen molar-refractivity contribution in [3.05, 3.63) is 95.2 Å². The number of hydrogen-bond donors (Lipinski definition) is 1. The fourth-order valence-electron chi connectivity index (χ4n) is 3.71. The van der Waals surface area contributed by atoms with E-state index in [1.807, 2.05) is 80.6 Å². The van der Waals surface area contributed by atoms with E-state index in [2.05, 4.69) is 19.2 Å². The number of carbonyl (C=O) groups excluding carboxylic acids is 2. The zero-order valence-electron chi connectivity index (χ0n) is 19.4. The van der Waals surface area contributed by atoms with Gasteiger partial charge in [0.15, 0.2) is 0 Å². The molecule has 0 fully saturated rings. The SMILES string of the molecule is Cc1ccc(NC2=C(c3ccc(OCC(C)C)cc3)C(=O)N(c3ccccc3C)C2=O)cc1. The van der Waals surface area contributed by atoms with Gasteiger partial charge >= 0.3 is 0 Å². The topological polar surface area (TPSA) is 58.6 Å². The van der Waals surface area contributed by atoms with Gasteiger partial charge in [-0.1, -0.05) is 61.9 Å². The highest BCUT2D eigenvalue weighted by Gasteiger charge is 2.40. The molecule has 1 aliphatic heterocycles. The number of aryl methyl sites for hydroxylation is 2. The van der Waals surface area contributed by atoms with Crippen LogP contribution >= 0.6 is 0 Å². The minimum absolute atomic E-state index is 0.267. The van der Waals surface area contributed by atoms with Crippen LogP contribution in [0.1, 0.15) is 30.5 Å². The molecule has 5 heteroatoms. The van der Waals surface area contributed by atoms with Crippen molar-refractivity contribution in [3.8, 4) is 5.75 Å². The Kier molecular flexibility index (Phi) is 6.31. The van der Waals surface area contributed by atoms with Gasteiger partial charge in [-0.05, 0) is 61.2 Å². The van der Waals surface area contributed by atoms with E-state index in [-0.39, 0.29) is 17.5 Å². The molecule has 1 aliphatic rings. The van der Waals surface area contributed by atoms with Crippen LogP contribution in [0, 0.1) is 19.8 Å². The molecule has 3 aromatic carbocycles. The molecule has 0 unspecified atom stereocenters. The molecule has 0 bridgehead atoms. The van der Waals surface area contributed by atoms with Crippen molar-refractivity contribution in [1.82, 2.24) is 0 Å². The van der Waals surface area contributed by atoms with Crippen LogP contribution in [-0.4, -0.2) is 18.4 Å². The van der Waals surface area contributed by atoms with Crippen molar-refractivity contribution >= 4 is 28.8 Å². The van der Waals surface area contributed by atoms with E-state index in [9.17, 15) is 9.59 Å². The highest BCUT2D eigenvalue weighted by Crippen LogP contribution is 2.35. The Morgan fingerprint density at radius 3 is 2.15 bits per heavy atom. The molecule has 0 spiro atoms. The Labute approximate surface area is 194 Å². The summed E-state index contributed by atoms with van der Waals surface area (Å²) in [6.07, 6.45) is 0. The second kappa shape index (κ2) is 9.33. The Morgan fingerprint density at radius 2 is 1.52 bits per heavy atom. The van der Waals surface area contributed by atoms with Gasteiger partial charge in [0.25, 0.3) is 11.8 Å². The van der Waals surface area contributed by atoms with Crippen molar-refractivity contribution < 1.29 is 14.3 Å². The van der Waals surface area contributed by atoms with Gasteiger partial charge in [0.05, 0.1) is 17.9 Å². The van der Waals surface area contributed by atoms with Crippen LogP contribution in [0.3, 0.4) is 0 Å². The molecule has 0 saturated carbocycles. The highest BCUT2D eigenvalue weighted by molar-refractivity contribution is 6.46. The molecule has 0 atom stereocenters. The summed E-state index contributed by atoms with van der Waals surface area (Å²) in [5.41, 5.74) is 4.58. The molecule has 4 rings (SSSR count). The highest BCUT2D eigenvalue weighted by atomic mass is 16.5. The number of ether oxygens (including phenoxy) is 1. The zero-order valence-corrected chi connectivity index (χ0v) is 19.4. The van der Waals surface area contributed by atoms with Crippen molar-refractivity contribution in [2.45, 2.75) is 27.7 Å². The average Bonchev–Trinajstić information content (AvgIpc) is 3.04. The number of nitrogens with zero attached hydrogens (tertiary/aromatic N) is 1. The maximum absolute atomic E-state index is 13.6. The number of anilines is 2. The molecule has 3 aromatic rings. The number of amides is 2. The van der Waals surface area contributed by atoms with Gasteiger partial charge < -0.3 is 10.1 Å². The van der Waals surface area contributed by atoms with Crippen LogP contribution in [0.4, 0.5) is 11.4 Å². The molecule has 1 N–H and O–H groups in total. The normalized spacial score (nSPS) is 13.8. The minimum atomic E-state index is -0.370. The molecule has 5 nitrogen and oxygen atoms in total. The standard InChI is InChI=1S/C28H28N2O3/c1-18(2)17-33-23-15-11-21(12-16-23)25-26(29-22-13-9-19(3)10-14-22)28(32)30(27(25)31)24-8-6-5-7-20(24)4/h5-16,18,29H,17H2,1-4H3. The molecule has 0 aromatic heterocycles. The molecule has 0 aliphatic carbocycles. The van der Waals surface area contributed by atoms with Crippen LogP contribution in [-0.2, 0) is 9.59 Å². The first-order valence-corrected chi connectivity index (χ1v) is 11.1. The van der Waals surface area contributed by atoms with Crippen LogP contribution < -0.4 is 15.0 Å². The van der Waals surface area contributed by atoms with Gasteiger partial charge in [-0.3, -0.25) is 9.59 Å². The summed E-state index contributed by atoms with van der Waals surface area (Å²) in [6, 6.07) is 22.5. The van der Waals surface area contributed by atoms with Crippen LogP contribution in [0.15, 0.2) is 78.5 Å². The lowest BCUT2D eigenvalue weighted by molar-refractivity contribution is -0.120. The summed E-state index contributed by atoms with van der Waals surface area (Å²) in [5.74, 6) is 0.424. The molecule has 0 radical (unpaired) electrons. The van der Waals surface area contributed by atoms with E-state index >= 15 is 0 Å². The molecule has 0 saturated heterocycles. The largest absolute Gasteiger partial charge is 0.493 e. The van der Waals surface area contributed by atoms with Crippen molar-refractivity contribution in [1.29, 1.82) is 0 Å². The van der Waals surface area contributed by atoms with E-state index in [0.29, 0.717) is 29.3 Å². The quantitative estimate of drug-likeness (QED) is 0.476. The van der Waals surface area contributed by atoms with Gasteiger partial charge in [-0.25, -0.2) is 4.90 Å². The third-order valence-electron chi connectivity index (χ3n) is 5.49. The summed E-state index contributed by atoms with van der Waals surface area (Å²) in [4.78, 5) is 28.4. The van der Waals surface area contributed by atoms with Crippen LogP contribution in [0.5, 0.6) is 5.75 Å². The predicted molar refractivity (Wildman–Crippen MR) is 132 cm³/mol. The fraction of sp³-hybridized carbons (Fsp3) is 0.214. The van der Waals surface area contributed by atoms with Gasteiger partial charge in [0.1, 0.15) is 11.4 Å². The first-order chi connectivity index (χ1) is 15.8. The number of nitrogens with one attached hydrogen (secondary N) is 1. The molecule has 2 amide bonds. The van der Waals surface area contributed by atoms with Gasteiger partial charge in [-0.15, -0.1) is 0 Å². The smallest absolute Gasteiger partial charge is 0.282 e. The number of carbonyl (C=O) groups is 2. The predicted octanol–water partition coefficient (Wildman–Crippen LogP) is 5.73. The second-order valence-corrected chi connectivity index (χ2v) is 8.70. The van der Waals surface area contributed by atoms with E-state index in [4.69, 9.17) is 4.74 Å². The van der Waals surface area contributed by atoms with Gasteiger partial charge in [-0.2, -0.15) is 0 Å². The maximum Gasteiger partial charge on any atom is 0.282 e. The van der Waals surface area contributed by atoms with E-state index in [1.165, 1.54) is 4.90 Å². The summed E-state index contributed by atoms with van der Waals surface area (Å²) in [5, 5.41) is 3.21. The maximum atomic E-state index is 13.6. The third-order valence-corrected chi connectivity index (χ3v) is 5.49. The van der Waals surface area contributed by atoms with E-state index in [0.717, 1.165) is 22.6 Å². The Morgan fingerprint density at radius 1 is 0.848 bits per heavy atom. The number of hydrogen-bond acceptors (Lipinski definition) is 4.